The highest BCUT2D eigenvalue weighted by molar-refractivity contribution is 6.09. The minimum Gasteiger partial charge on any atom is -0.493 e. The molecule has 2 aromatic heterocycles. The number of aryl methyl sites for hydroxylation is 1. The number of ether oxygens (including phenoxy) is 1. The number of fused-ring (bicyclic) bond motifs is 1. The second-order valence-electron chi connectivity index (χ2n) is 9.20. The average molecular weight is 473 g/mol. The number of aromatic nitrogens is 3. The first kappa shape index (κ1) is 22.6. The maximum atomic E-state index is 13.8. The maximum Gasteiger partial charge on any atom is 0.263 e. The van der Waals surface area contributed by atoms with Gasteiger partial charge in [-0.25, -0.2) is 23.1 Å². The van der Waals surface area contributed by atoms with Crippen molar-refractivity contribution in [2.24, 2.45) is 11.7 Å². The number of halogens is 3. The predicted octanol–water partition coefficient (Wildman–Crippen LogP) is 4.22. The van der Waals surface area contributed by atoms with Crippen LogP contribution in [0.4, 0.5) is 13.2 Å². The largest absolute Gasteiger partial charge is 0.493 e. The number of nitrogens with one attached hydrogen (secondary N) is 2. The van der Waals surface area contributed by atoms with Crippen LogP contribution < -0.4 is 15.8 Å². The van der Waals surface area contributed by atoms with Crippen LogP contribution in [0.2, 0.25) is 0 Å². The summed E-state index contributed by atoms with van der Waals surface area (Å²) in [6.45, 7) is 2.23. The van der Waals surface area contributed by atoms with E-state index >= 15 is 0 Å². The molecule has 0 bridgehead atoms. The van der Waals surface area contributed by atoms with Gasteiger partial charge in [0.2, 0.25) is 0 Å². The van der Waals surface area contributed by atoms with Crippen molar-refractivity contribution in [1.82, 2.24) is 20.3 Å². The van der Waals surface area contributed by atoms with Crippen LogP contribution in [0.3, 0.4) is 0 Å². The summed E-state index contributed by atoms with van der Waals surface area (Å²) in [4.78, 5) is 24.9. The van der Waals surface area contributed by atoms with Gasteiger partial charge in [-0.1, -0.05) is 0 Å². The number of carbonyl (C=O) groups is 1. The summed E-state index contributed by atoms with van der Waals surface area (Å²) in [5.74, 6) is 0.526. The highest BCUT2D eigenvalue weighted by atomic mass is 19.3. The predicted molar refractivity (Wildman–Crippen MR) is 121 cm³/mol. The molecule has 0 unspecified atom stereocenters. The smallest absolute Gasteiger partial charge is 0.263 e. The fourth-order valence-corrected chi connectivity index (χ4v) is 4.48. The second kappa shape index (κ2) is 8.90. The first-order valence-electron chi connectivity index (χ1n) is 11.4. The van der Waals surface area contributed by atoms with Gasteiger partial charge in [0.1, 0.15) is 29.5 Å². The van der Waals surface area contributed by atoms with Crippen LogP contribution in [-0.2, 0) is 0 Å². The van der Waals surface area contributed by atoms with Crippen molar-refractivity contribution in [2.75, 3.05) is 6.61 Å². The molecule has 1 amide bonds. The zero-order chi connectivity index (χ0) is 24.0. The Bertz CT molecular complexity index is 1220. The molecule has 1 aromatic carbocycles. The number of amides is 1. The topological polar surface area (TPSA) is 106 Å². The summed E-state index contributed by atoms with van der Waals surface area (Å²) >= 11 is 0. The standard InChI is InChI=1S/C24H26F3N5O2/c1-11-19(24(33)32-14-7-16(25)17(28)8-14)21-22(31-11)20(29-10-30-21)15-6-13(23(26)27)4-5-18(15)34-9-12-2-3-12/h4-6,10,12,14,16-17,23,31H,2-3,7-9,28H2,1H3,(H,32,33)/t14-,16+,17+/m1/s1. The molecular weight excluding hydrogens is 447 g/mol. The molecule has 34 heavy (non-hydrogen) atoms. The number of alkyl halides is 3. The Morgan fingerprint density at radius 3 is 2.76 bits per heavy atom. The first-order chi connectivity index (χ1) is 16.3. The number of H-pyrrole nitrogens is 1. The number of aromatic amines is 1. The van der Waals surface area contributed by atoms with Crippen LogP contribution in [0.15, 0.2) is 24.5 Å². The number of hydrogen-bond donors (Lipinski definition) is 3. The van der Waals surface area contributed by atoms with Gasteiger partial charge in [0, 0.05) is 35.3 Å². The molecule has 0 aliphatic heterocycles. The van der Waals surface area contributed by atoms with E-state index in [1.54, 1.807) is 6.92 Å². The number of nitrogens with two attached hydrogens (primary N) is 1. The number of carbonyl (C=O) groups excluding carboxylic acids is 1. The van der Waals surface area contributed by atoms with Crippen molar-refractivity contribution in [1.29, 1.82) is 0 Å². The van der Waals surface area contributed by atoms with E-state index in [0.29, 0.717) is 58.2 Å². The van der Waals surface area contributed by atoms with Crippen LogP contribution in [0.5, 0.6) is 5.75 Å². The summed E-state index contributed by atoms with van der Waals surface area (Å²) in [5, 5.41) is 2.85. The van der Waals surface area contributed by atoms with Crippen molar-refractivity contribution < 1.29 is 22.7 Å². The Kier molecular flexibility index (Phi) is 5.93. The Morgan fingerprint density at radius 2 is 2.09 bits per heavy atom. The van der Waals surface area contributed by atoms with Crippen molar-refractivity contribution in [3.05, 3.63) is 41.3 Å². The fraction of sp³-hybridized carbons (Fsp3) is 0.458. The second-order valence-corrected chi connectivity index (χ2v) is 9.20. The summed E-state index contributed by atoms with van der Waals surface area (Å²) in [6, 6.07) is 3.28. The molecule has 3 aromatic rings. The molecule has 2 saturated carbocycles. The minimum atomic E-state index is -2.66. The van der Waals surface area contributed by atoms with E-state index in [2.05, 4.69) is 20.3 Å². The number of rotatable bonds is 7. The van der Waals surface area contributed by atoms with E-state index in [1.165, 1.54) is 24.5 Å². The third-order valence-electron chi connectivity index (χ3n) is 6.55. The third kappa shape index (κ3) is 4.34. The van der Waals surface area contributed by atoms with Crippen LogP contribution in [0.25, 0.3) is 22.3 Å². The van der Waals surface area contributed by atoms with E-state index in [4.69, 9.17) is 10.5 Å². The van der Waals surface area contributed by atoms with Crippen LogP contribution >= 0.6 is 0 Å². The summed E-state index contributed by atoms with van der Waals surface area (Å²) in [5.41, 5.74) is 8.01. The Morgan fingerprint density at radius 1 is 1.29 bits per heavy atom. The Labute approximate surface area is 194 Å². The molecule has 2 aliphatic carbocycles. The quantitative estimate of drug-likeness (QED) is 0.477. The zero-order valence-corrected chi connectivity index (χ0v) is 18.7. The molecular formula is C24H26F3N5O2. The van der Waals surface area contributed by atoms with E-state index in [1.807, 2.05) is 0 Å². The van der Waals surface area contributed by atoms with Crippen molar-refractivity contribution >= 4 is 16.9 Å². The molecule has 7 nitrogen and oxygen atoms in total. The lowest BCUT2D eigenvalue weighted by Gasteiger charge is -2.13. The maximum absolute atomic E-state index is 13.8. The summed E-state index contributed by atoms with van der Waals surface area (Å²) in [6.07, 6.45) is 0.187. The molecule has 2 fully saturated rings. The molecule has 0 spiro atoms. The van der Waals surface area contributed by atoms with Gasteiger partial charge in [-0.2, -0.15) is 0 Å². The molecule has 10 heteroatoms. The number of hydrogen-bond acceptors (Lipinski definition) is 5. The Balaban J connectivity index is 1.53. The third-order valence-corrected chi connectivity index (χ3v) is 6.55. The minimum absolute atomic E-state index is 0.153. The zero-order valence-electron chi connectivity index (χ0n) is 18.7. The van der Waals surface area contributed by atoms with Gasteiger partial charge in [-0.05, 0) is 50.3 Å². The highest BCUT2D eigenvalue weighted by Gasteiger charge is 2.34. The van der Waals surface area contributed by atoms with Crippen molar-refractivity contribution in [2.45, 2.75) is 57.3 Å². The van der Waals surface area contributed by atoms with Gasteiger partial charge in [0.05, 0.1) is 17.7 Å². The van der Waals surface area contributed by atoms with E-state index in [0.717, 1.165) is 12.8 Å². The summed E-state index contributed by atoms with van der Waals surface area (Å²) in [7, 11) is 0. The molecule has 0 saturated heterocycles. The molecule has 2 heterocycles. The number of nitrogens with zero attached hydrogens (tertiary/aromatic N) is 2. The Hall–Kier alpha value is -3.14. The summed E-state index contributed by atoms with van der Waals surface area (Å²) < 4.78 is 46.7. The van der Waals surface area contributed by atoms with Gasteiger partial charge in [-0.15, -0.1) is 0 Å². The lowest BCUT2D eigenvalue weighted by atomic mass is 10.0. The van der Waals surface area contributed by atoms with Gasteiger partial charge in [0.15, 0.2) is 0 Å². The average Bonchev–Trinajstić information content (AvgIpc) is 3.49. The van der Waals surface area contributed by atoms with E-state index in [9.17, 15) is 18.0 Å². The monoisotopic (exact) mass is 473 g/mol. The molecule has 180 valence electrons. The molecule has 4 N–H and O–H groups in total. The van der Waals surface area contributed by atoms with Gasteiger partial charge in [0.25, 0.3) is 12.3 Å². The molecule has 5 rings (SSSR count). The number of benzene rings is 1. The molecule has 0 radical (unpaired) electrons. The van der Waals surface area contributed by atoms with E-state index < -0.39 is 24.5 Å². The van der Waals surface area contributed by atoms with Crippen LogP contribution in [0.1, 0.15) is 53.7 Å². The van der Waals surface area contributed by atoms with E-state index in [-0.39, 0.29) is 18.0 Å². The lowest BCUT2D eigenvalue weighted by molar-refractivity contribution is 0.0937. The van der Waals surface area contributed by atoms with Gasteiger partial charge >= 0.3 is 0 Å². The first-order valence-corrected chi connectivity index (χ1v) is 11.4. The van der Waals surface area contributed by atoms with Crippen LogP contribution in [0, 0.1) is 12.8 Å². The lowest BCUT2D eigenvalue weighted by Crippen LogP contribution is -2.34. The van der Waals surface area contributed by atoms with Gasteiger partial charge in [-0.3, -0.25) is 4.79 Å². The van der Waals surface area contributed by atoms with Crippen molar-refractivity contribution in [3.63, 3.8) is 0 Å². The SMILES string of the molecule is Cc1[nH]c2c(-c3cc(C(F)F)ccc3OCC3CC3)ncnc2c1C(=O)N[C@H]1C[C@H](N)[C@@H](F)C1. The molecule has 2 aliphatic rings. The normalized spacial score (nSPS) is 22.5. The molecule has 3 atom stereocenters. The fourth-order valence-electron chi connectivity index (χ4n) is 4.48. The van der Waals surface area contributed by atoms with Crippen LogP contribution in [-0.4, -0.2) is 45.7 Å². The highest BCUT2D eigenvalue weighted by Crippen LogP contribution is 2.38. The van der Waals surface area contributed by atoms with Crippen molar-refractivity contribution in [3.8, 4) is 17.0 Å². The van der Waals surface area contributed by atoms with Gasteiger partial charge < -0.3 is 20.8 Å².